The van der Waals surface area contributed by atoms with Crippen LogP contribution >= 0.6 is 0 Å². The molecule has 6 rings (SSSR count). The van der Waals surface area contributed by atoms with E-state index in [2.05, 4.69) is 15.4 Å². The van der Waals surface area contributed by atoms with Crippen LogP contribution in [0.2, 0.25) is 0 Å². The summed E-state index contributed by atoms with van der Waals surface area (Å²) < 4.78 is 7.78. The zero-order chi connectivity index (χ0) is 20.9. The van der Waals surface area contributed by atoms with E-state index in [9.17, 15) is 4.79 Å². The van der Waals surface area contributed by atoms with Gasteiger partial charge >= 0.3 is 0 Å². The van der Waals surface area contributed by atoms with Gasteiger partial charge in [0.05, 0.1) is 0 Å². The second-order valence-electron chi connectivity index (χ2n) is 9.27. The number of ether oxygens (including phenoxy) is 1. The molecule has 3 heterocycles. The predicted molar refractivity (Wildman–Crippen MR) is 119 cm³/mol. The van der Waals surface area contributed by atoms with Gasteiger partial charge in [-0.05, 0) is 68.2 Å². The SMILES string of the molecule is Cc1cccc(Oc2cc3cnc(NN4CC5CCCC5C4)nc3n(C3CC3)c2=O)c1. The first-order valence-corrected chi connectivity index (χ1v) is 11.3. The molecule has 3 aromatic rings. The van der Waals surface area contributed by atoms with E-state index < -0.39 is 0 Å². The van der Waals surface area contributed by atoms with E-state index in [0.29, 0.717) is 23.1 Å². The summed E-state index contributed by atoms with van der Waals surface area (Å²) in [5, 5.41) is 3.06. The van der Waals surface area contributed by atoms with Crippen molar-refractivity contribution in [1.29, 1.82) is 0 Å². The van der Waals surface area contributed by atoms with Crippen LogP contribution in [0.25, 0.3) is 11.0 Å². The lowest BCUT2D eigenvalue weighted by Crippen LogP contribution is -2.29. The summed E-state index contributed by atoms with van der Waals surface area (Å²) in [6, 6.07) is 9.69. The Morgan fingerprint density at radius 1 is 1.10 bits per heavy atom. The van der Waals surface area contributed by atoms with Gasteiger partial charge in [0, 0.05) is 30.7 Å². The number of hydrogen-bond acceptors (Lipinski definition) is 6. The zero-order valence-corrected chi connectivity index (χ0v) is 17.8. The quantitative estimate of drug-likeness (QED) is 0.668. The van der Waals surface area contributed by atoms with Crippen molar-refractivity contribution in [3.63, 3.8) is 0 Å². The molecule has 0 amide bonds. The molecule has 160 valence electrons. The van der Waals surface area contributed by atoms with Crippen LogP contribution < -0.4 is 15.7 Å². The maximum atomic E-state index is 13.3. The molecule has 2 aromatic heterocycles. The summed E-state index contributed by atoms with van der Waals surface area (Å²) in [4.78, 5) is 22.6. The van der Waals surface area contributed by atoms with Crippen molar-refractivity contribution in [3.8, 4) is 11.5 Å². The highest BCUT2D eigenvalue weighted by Crippen LogP contribution is 2.38. The number of rotatable bonds is 5. The fourth-order valence-corrected chi connectivity index (χ4v) is 5.17. The number of hydrogen-bond donors (Lipinski definition) is 1. The maximum Gasteiger partial charge on any atom is 0.295 e. The van der Waals surface area contributed by atoms with Crippen molar-refractivity contribution in [1.82, 2.24) is 19.5 Å². The lowest BCUT2D eigenvalue weighted by Gasteiger charge is -2.19. The van der Waals surface area contributed by atoms with Gasteiger partial charge in [-0.3, -0.25) is 14.8 Å². The average molecular weight is 418 g/mol. The molecule has 1 N–H and O–H groups in total. The summed E-state index contributed by atoms with van der Waals surface area (Å²) >= 11 is 0. The van der Waals surface area contributed by atoms with E-state index in [4.69, 9.17) is 9.72 Å². The van der Waals surface area contributed by atoms with E-state index in [1.54, 1.807) is 16.8 Å². The fraction of sp³-hybridized carbons (Fsp3) is 0.458. The summed E-state index contributed by atoms with van der Waals surface area (Å²) in [6.07, 6.45) is 7.79. The van der Waals surface area contributed by atoms with E-state index >= 15 is 0 Å². The van der Waals surface area contributed by atoms with E-state index in [1.807, 2.05) is 31.2 Å². The smallest absolute Gasteiger partial charge is 0.295 e. The Morgan fingerprint density at radius 3 is 2.65 bits per heavy atom. The number of benzene rings is 1. The summed E-state index contributed by atoms with van der Waals surface area (Å²) in [5.74, 6) is 3.13. The second-order valence-corrected chi connectivity index (χ2v) is 9.27. The van der Waals surface area contributed by atoms with Gasteiger partial charge in [-0.1, -0.05) is 18.6 Å². The predicted octanol–water partition coefficient (Wildman–Crippen LogP) is 4.29. The Balaban J connectivity index is 1.33. The highest BCUT2D eigenvalue weighted by Gasteiger charge is 2.36. The first-order valence-electron chi connectivity index (χ1n) is 11.3. The van der Waals surface area contributed by atoms with E-state index in [0.717, 1.165) is 48.7 Å². The molecule has 1 saturated heterocycles. The third-order valence-corrected chi connectivity index (χ3v) is 6.85. The normalized spacial score (nSPS) is 23.3. The molecular formula is C24H27N5O2. The number of pyridine rings is 1. The van der Waals surface area contributed by atoms with Gasteiger partial charge in [0.1, 0.15) is 11.4 Å². The molecule has 1 aromatic carbocycles. The van der Waals surface area contributed by atoms with Gasteiger partial charge in [-0.2, -0.15) is 4.98 Å². The van der Waals surface area contributed by atoms with Gasteiger partial charge < -0.3 is 4.74 Å². The van der Waals surface area contributed by atoms with Crippen molar-refractivity contribution in [2.45, 2.75) is 45.1 Å². The van der Waals surface area contributed by atoms with Crippen LogP contribution in [0.3, 0.4) is 0 Å². The number of nitrogens with one attached hydrogen (secondary N) is 1. The molecule has 0 radical (unpaired) electrons. The summed E-state index contributed by atoms with van der Waals surface area (Å²) in [7, 11) is 0. The molecule has 3 fully saturated rings. The van der Waals surface area contributed by atoms with Crippen LogP contribution in [0.4, 0.5) is 5.95 Å². The number of aryl methyl sites for hydroxylation is 1. The Labute approximate surface area is 181 Å². The molecule has 0 bridgehead atoms. The topological polar surface area (TPSA) is 72.3 Å². The van der Waals surface area contributed by atoms with Crippen molar-refractivity contribution in [2.24, 2.45) is 11.8 Å². The number of aromatic nitrogens is 3. The Morgan fingerprint density at radius 2 is 1.90 bits per heavy atom. The molecule has 31 heavy (non-hydrogen) atoms. The van der Waals surface area contributed by atoms with Gasteiger partial charge in [0.15, 0.2) is 5.75 Å². The average Bonchev–Trinajstić information content (AvgIpc) is 3.36. The minimum absolute atomic E-state index is 0.128. The highest BCUT2D eigenvalue weighted by molar-refractivity contribution is 5.77. The molecule has 2 unspecified atom stereocenters. The maximum absolute atomic E-state index is 13.3. The lowest BCUT2D eigenvalue weighted by molar-refractivity contribution is 0.369. The highest BCUT2D eigenvalue weighted by atomic mass is 16.5. The minimum atomic E-state index is -0.128. The van der Waals surface area contributed by atoms with Crippen molar-refractivity contribution >= 4 is 17.0 Å². The largest absolute Gasteiger partial charge is 0.452 e. The number of hydrazine groups is 1. The van der Waals surface area contributed by atoms with Crippen LogP contribution in [0, 0.1) is 18.8 Å². The van der Waals surface area contributed by atoms with E-state index in [1.165, 1.54) is 19.3 Å². The lowest BCUT2D eigenvalue weighted by atomic mass is 10.0. The molecule has 2 atom stereocenters. The van der Waals surface area contributed by atoms with Crippen LogP contribution in [0.1, 0.15) is 43.7 Å². The molecule has 7 nitrogen and oxygen atoms in total. The van der Waals surface area contributed by atoms with Crippen LogP contribution in [0.5, 0.6) is 11.5 Å². The van der Waals surface area contributed by atoms with Gasteiger partial charge in [-0.25, -0.2) is 9.99 Å². The van der Waals surface area contributed by atoms with Crippen LogP contribution in [0.15, 0.2) is 41.3 Å². The molecular weight excluding hydrogens is 390 g/mol. The van der Waals surface area contributed by atoms with E-state index in [-0.39, 0.29) is 11.6 Å². The fourth-order valence-electron chi connectivity index (χ4n) is 5.17. The van der Waals surface area contributed by atoms with Crippen LogP contribution in [-0.4, -0.2) is 32.6 Å². The van der Waals surface area contributed by atoms with Crippen molar-refractivity contribution in [3.05, 3.63) is 52.4 Å². The van der Waals surface area contributed by atoms with Gasteiger partial charge in [0.2, 0.25) is 5.95 Å². The Bertz CT molecular complexity index is 1190. The third-order valence-electron chi connectivity index (χ3n) is 6.85. The monoisotopic (exact) mass is 417 g/mol. The summed E-state index contributed by atoms with van der Waals surface area (Å²) in [6.45, 7) is 4.10. The molecule has 1 aliphatic heterocycles. The third kappa shape index (κ3) is 3.57. The number of nitrogens with zero attached hydrogens (tertiary/aromatic N) is 4. The number of anilines is 1. The Kier molecular flexibility index (Phi) is 4.45. The summed E-state index contributed by atoms with van der Waals surface area (Å²) in [5.41, 5.74) is 5.04. The van der Waals surface area contributed by atoms with Gasteiger partial charge in [0.25, 0.3) is 5.56 Å². The van der Waals surface area contributed by atoms with Crippen LogP contribution in [-0.2, 0) is 0 Å². The zero-order valence-electron chi connectivity index (χ0n) is 17.8. The van der Waals surface area contributed by atoms with Gasteiger partial charge in [-0.15, -0.1) is 0 Å². The standard InChI is InChI=1S/C24H27N5O2/c1-15-4-2-7-20(10-15)31-21-11-18-12-25-24(26-22(18)29(23(21)30)19-8-9-19)27-28-13-16-5-3-6-17(16)14-28/h2,4,7,10-12,16-17,19H,3,5-6,8-9,13-14H2,1H3,(H,25,26,27). The second kappa shape index (κ2) is 7.34. The number of fused-ring (bicyclic) bond motifs is 2. The first-order chi connectivity index (χ1) is 15.1. The van der Waals surface area contributed by atoms with Crippen molar-refractivity contribution < 1.29 is 4.74 Å². The molecule has 3 aliphatic rings. The molecule has 2 saturated carbocycles. The Hall–Kier alpha value is -2.93. The molecule has 2 aliphatic carbocycles. The first kappa shape index (κ1) is 18.8. The molecule has 0 spiro atoms. The molecule has 7 heteroatoms. The van der Waals surface area contributed by atoms with Crippen molar-refractivity contribution in [2.75, 3.05) is 18.5 Å². The minimum Gasteiger partial charge on any atom is -0.452 e.